The molecule has 1 aliphatic heterocycles. The fourth-order valence-electron chi connectivity index (χ4n) is 3.87. The monoisotopic (exact) mass is 277 g/mol. The summed E-state index contributed by atoms with van der Waals surface area (Å²) in [7, 11) is 0. The number of likely N-dealkylation sites (tertiary alicyclic amines) is 1. The van der Waals surface area contributed by atoms with Gasteiger partial charge < -0.3 is 4.90 Å². The first-order chi connectivity index (χ1) is 10.2. The van der Waals surface area contributed by atoms with Crippen molar-refractivity contribution >= 4 is 16.7 Å². The summed E-state index contributed by atoms with van der Waals surface area (Å²) in [6.07, 6.45) is 3.39. The van der Waals surface area contributed by atoms with Crippen molar-refractivity contribution in [2.75, 3.05) is 13.1 Å². The highest BCUT2D eigenvalue weighted by atomic mass is 16.2. The van der Waals surface area contributed by atoms with E-state index in [4.69, 9.17) is 0 Å². The Hall–Kier alpha value is -2.09. The normalized spacial score (nSPS) is 26.7. The number of hydrogen-bond acceptors (Lipinski definition) is 1. The largest absolute Gasteiger partial charge is 0.341 e. The van der Waals surface area contributed by atoms with E-state index in [1.165, 1.54) is 22.8 Å². The van der Waals surface area contributed by atoms with E-state index in [-0.39, 0.29) is 11.3 Å². The van der Waals surface area contributed by atoms with Crippen molar-refractivity contribution in [3.05, 3.63) is 60.7 Å². The molecule has 2 aliphatic rings. The fraction of sp³-hybridized carbons (Fsp3) is 0.316. The Bertz CT molecular complexity index is 735. The second-order valence-corrected chi connectivity index (χ2v) is 6.39. The summed E-state index contributed by atoms with van der Waals surface area (Å²) < 4.78 is 0. The molecule has 0 N–H and O–H groups in total. The molecule has 4 rings (SSSR count). The molecule has 1 heterocycles. The van der Waals surface area contributed by atoms with Crippen LogP contribution in [0.4, 0.5) is 0 Å². The van der Waals surface area contributed by atoms with Crippen molar-refractivity contribution in [2.24, 2.45) is 5.92 Å². The standard InChI is InChI=1S/C19H19NO/c1-2-5-18(21)20-12-17-11-19(17,13-20)16-9-8-14-6-3-4-7-15(14)10-16/h2-4,6-10,17H,1,5,11-13H2/t17-,19+/m1/s1. The molecule has 2 heteroatoms. The third-order valence-corrected chi connectivity index (χ3v) is 5.14. The molecule has 1 amide bonds. The lowest BCUT2D eigenvalue weighted by Crippen LogP contribution is -2.32. The van der Waals surface area contributed by atoms with Gasteiger partial charge in [0, 0.05) is 24.9 Å². The molecule has 0 spiro atoms. The smallest absolute Gasteiger partial charge is 0.226 e. The Morgan fingerprint density at radius 1 is 1.29 bits per heavy atom. The van der Waals surface area contributed by atoms with Gasteiger partial charge in [-0.3, -0.25) is 4.79 Å². The minimum Gasteiger partial charge on any atom is -0.341 e. The van der Waals surface area contributed by atoms with E-state index in [2.05, 4.69) is 49.0 Å². The van der Waals surface area contributed by atoms with Crippen LogP contribution in [0.2, 0.25) is 0 Å². The first kappa shape index (κ1) is 12.6. The predicted octanol–water partition coefficient (Wildman–Crippen LogP) is 3.52. The minimum absolute atomic E-state index is 0.220. The Labute approximate surface area is 125 Å². The molecule has 1 aliphatic carbocycles. The van der Waals surface area contributed by atoms with E-state index in [1.807, 2.05) is 4.90 Å². The third-order valence-electron chi connectivity index (χ3n) is 5.14. The molecule has 1 saturated heterocycles. The zero-order valence-electron chi connectivity index (χ0n) is 12.1. The van der Waals surface area contributed by atoms with E-state index in [9.17, 15) is 4.79 Å². The Kier molecular flexibility index (Phi) is 2.68. The molecule has 2 fully saturated rings. The summed E-state index contributed by atoms with van der Waals surface area (Å²) in [6, 6.07) is 15.3. The molecular formula is C19H19NO. The fourth-order valence-corrected chi connectivity index (χ4v) is 3.87. The lowest BCUT2D eigenvalue weighted by atomic mass is 9.93. The van der Waals surface area contributed by atoms with Crippen LogP contribution >= 0.6 is 0 Å². The van der Waals surface area contributed by atoms with E-state index < -0.39 is 0 Å². The van der Waals surface area contributed by atoms with Gasteiger partial charge in [0.05, 0.1) is 0 Å². The van der Waals surface area contributed by atoms with E-state index in [0.717, 1.165) is 13.1 Å². The number of fused-ring (bicyclic) bond motifs is 2. The number of benzene rings is 2. The highest BCUT2D eigenvalue weighted by Gasteiger charge is 2.61. The maximum absolute atomic E-state index is 12.1. The van der Waals surface area contributed by atoms with Crippen LogP contribution < -0.4 is 0 Å². The van der Waals surface area contributed by atoms with Gasteiger partial charge in [0.15, 0.2) is 0 Å². The van der Waals surface area contributed by atoms with Crippen molar-refractivity contribution in [3.8, 4) is 0 Å². The van der Waals surface area contributed by atoms with Gasteiger partial charge in [0.1, 0.15) is 0 Å². The molecule has 21 heavy (non-hydrogen) atoms. The minimum atomic E-state index is 0.220. The molecule has 2 aromatic carbocycles. The van der Waals surface area contributed by atoms with Gasteiger partial charge in [-0.2, -0.15) is 0 Å². The summed E-state index contributed by atoms with van der Waals surface area (Å²) in [6.45, 7) is 5.46. The van der Waals surface area contributed by atoms with Crippen LogP contribution in [0.25, 0.3) is 10.8 Å². The van der Waals surface area contributed by atoms with Gasteiger partial charge in [-0.15, -0.1) is 6.58 Å². The van der Waals surface area contributed by atoms with Gasteiger partial charge in [-0.05, 0) is 28.7 Å². The zero-order chi connectivity index (χ0) is 14.4. The number of rotatable bonds is 3. The number of nitrogens with zero attached hydrogens (tertiary/aromatic N) is 1. The molecule has 2 aromatic rings. The number of carbonyl (C=O) groups is 1. The number of carbonyl (C=O) groups excluding carboxylic acids is 1. The van der Waals surface area contributed by atoms with Gasteiger partial charge in [-0.1, -0.05) is 48.5 Å². The summed E-state index contributed by atoms with van der Waals surface area (Å²) in [5.41, 5.74) is 1.63. The van der Waals surface area contributed by atoms with Crippen molar-refractivity contribution in [2.45, 2.75) is 18.3 Å². The van der Waals surface area contributed by atoms with Crippen LogP contribution in [0, 0.1) is 5.92 Å². The molecule has 106 valence electrons. The lowest BCUT2D eigenvalue weighted by molar-refractivity contribution is -0.129. The van der Waals surface area contributed by atoms with Gasteiger partial charge in [-0.25, -0.2) is 0 Å². The SMILES string of the molecule is C=CCC(=O)N1C[C@H]2C[C@@]2(c2ccc3ccccc3c2)C1. The predicted molar refractivity (Wildman–Crippen MR) is 85.1 cm³/mol. The second-order valence-electron chi connectivity index (χ2n) is 6.39. The van der Waals surface area contributed by atoms with Crippen molar-refractivity contribution in [1.29, 1.82) is 0 Å². The van der Waals surface area contributed by atoms with Crippen LogP contribution in [-0.4, -0.2) is 23.9 Å². The van der Waals surface area contributed by atoms with Crippen LogP contribution in [0.3, 0.4) is 0 Å². The van der Waals surface area contributed by atoms with Gasteiger partial charge in [0.2, 0.25) is 5.91 Å². The van der Waals surface area contributed by atoms with E-state index in [1.54, 1.807) is 6.08 Å². The second kappa shape index (κ2) is 4.45. The zero-order valence-corrected chi connectivity index (χ0v) is 12.1. The highest BCUT2D eigenvalue weighted by Crippen LogP contribution is 2.59. The van der Waals surface area contributed by atoms with Gasteiger partial charge >= 0.3 is 0 Å². The molecule has 0 bridgehead atoms. The Morgan fingerprint density at radius 3 is 2.90 bits per heavy atom. The molecule has 2 nitrogen and oxygen atoms in total. The average Bonchev–Trinajstić information content (AvgIpc) is 3.09. The third kappa shape index (κ3) is 1.90. The Balaban J connectivity index is 1.64. The van der Waals surface area contributed by atoms with Crippen molar-refractivity contribution < 1.29 is 4.79 Å². The van der Waals surface area contributed by atoms with E-state index >= 15 is 0 Å². The number of hydrogen-bond donors (Lipinski definition) is 0. The highest BCUT2D eigenvalue weighted by molar-refractivity contribution is 5.84. The van der Waals surface area contributed by atoms with Crippen molar-refractivity contribution in [3.63, 3.8) is 0 Å². The van der Waals surface area contributed by atoms with Crippen LogP contribution in [0.5, 0.6) is 0 Å². The summed E-state index contributed by atoms with van der Waals surface area (Å²) in [5.74, 6) is 0.866. The number of piperidine rings is 1. The molecule has 0 unspecified atom stereocenters. The molecule has 1 saturated carbocycles. The van der Waals surface area contributed by atoms with Crippen molar-refractivity contribution in [1.82, 2.24) is 4.90 Å². The van der Waals surface area contributed by atoms with Crippen LogP contribution in [0.15, 0.2) is 55.1 Å². The Morgan fingerprint density at radius 2 is 2.10 bits per heavy atom. The van der Waals surface area contributed by atoms with Gasteiger partial charge in [0.25, 0.3) is 0 Å². The number of amides is 1. The first-order valence-electron chi connectivity index (χ1n) is 7.61. The molecule has 0 aromatic heterocycles. The first-order valence-corrected chi connectivity index (χ1v) is 7.61. The van der Waals surface area contributed by atoms with Crippen LogP contribution in [-0.2, 0) is 10.2 Å². The topological polar surface area (TPSA) is 20.3 Å². The lowest BCUT2D eigenvalue weighted by Gasteiger charge is -2.21. The maximum Gasteiger partial charge on any atom is 0.226 e. The molecule has 2 atom stereocenters. The summed E-state index contributed by atoms with van der Waals surface area (Å²) >= 11 is 0. The van der Waals surface area contributed by atoms with Crippen LogP contribution in [0.1, 0.15) is 18.4 Å². The maximum atomic E-state index is 12.1. The average molecular weight is 277 g/mol. The molecular weight excluding hydrogens is 258 g/mol. The molecule has 0 radical (unpaired) electrons. The summed E-state index contributed by atoms with van der Waals surface area (Å²) in [4.78, 5) is 14.1. The summed E-state index contributed by atoms with van der Waals surface area (Å²) in [5, 5.41) is 2.58. The van der Waals surface area contributed by atoms with E-state index in [0.29, 0.717) is 12.3 Å². The quantitative estimate of drug-likeness (QED) is 0.786.